The Morgan fingerprint density at radius 2 is 1.77 bits per heavy atom. The van der Waals surface area contributed by atoms with Gasteiger partial charge >= 0.3 is 0 Å². The molecule has 0 N–H and O–H groups in total. The number of rotatable bonds is 1. The first kappa shape index (κ1) is 13.0. The molecule has 2 aromatic carbocycles. The molecule has 106 valence electrons. The molecule has 1 aliphatic heterocycles. The van der Waals surface area contributed by atoms with Gasteiger partial charge in [0.25, 0.3) is 5.56 Å². The molecule has 4 rings (SSSR count). The number of aromatic nitrogens is 2. The van der Waals surface area contributed by atoms with E-state index in [4.69, 9.17) is 0 Å². The summed E-state index contributed by atoms with van der Waals surface area (Å²) in [6.07, 6.45) is 3.72. The summed E-state index contributed by atoms with van der Waals surface area (Å²) in [6, 6.07) is 17.3. The maximum atomic E-state index is 12.4. The van der Waals surface area contributed by atoms with E-state index in [1.165, 1.54) is 16.4 Å². The smallest absolute Gasteiger partial charge is 0.267 e. The molecule has 0 spiro atoms. The summed E-state index contributed by atoms with van der Waals surface area (Å²) in [7, 11) is 0. The minimum absolute atomic E-state index is 0.136. The Kier molecular flexibility index (Phi) is 3.12. The van der Waals surface area contributed by atoms with E-state index in [0.29, 0.717) is 16.1 Å². The van der Waals surface area contributed by atoms with Crippen molar-refractivity contribution in [1.82, 2.24) is 9.66 Å². The van der Waals surface area contributed by atoms with Crippen LogP contribution in [0.2, 0.25) is 0 Å². The fraction of sp³-hybridized carbons (Fsp3) is 0. The number of hydrogen-bond donors (Lipinski definition) is 0. The number of fused-ring (bicyclic) bond motifs is 2. The maximum absolute atomic E-state index is 12.4. The van der Waals surface area contributed by atoms with Crippen molar-refractivity contribution in [2.75, 3.05) is 0 Å². The van der Waals surface area contributed by atoms with Crippen molar-refractivity contribution in [3.8, 4) is 0 Å². The zero-order valence-electron chi connectivity index (χ0n) is 11.5. The number of benzene rings is 2. The average molecular weight is 305 g/mol. The topological polar surface area (TPSA) is 47.2 Å². The Bertz CT molecular complexity index is 974. The molecule has 0 bridgehead atoms. The first-order valence-electron chi connectivity index (χ1n) is 6.82. The number of thioether (sulfide) groups is 1. The van der Waals surface area contributed by atoms with E-state index >= 15 is 0 Å². The van der Waals surface area contributed by atoms with Crippen molar-refractivity contribution in [2.45, 2.75) is 5.16 Å². The van der Waals surface area contributed by atoms with Gasteiger partial charge in [0.05, 0.1) is 17.1 Å². The quantitative estimate of drug-likeness (QED) is 0.648. The van der Waals surface area contributed by atoms with Gasteiger partial charge in [-0.2, -0.15) is 9.78 Å². The largest absolute Gasteiger partial charge is 0.282 e. The highest BCUT2D eigenvalue weighted by Gasteiger charge is 2.15. The summed E-state index contributed by atoms with van der Waals surface area (Å²) >= 11 is 1.44. The molecule has 3 aromatic rings. The first-order chi connectivity index (χ1) is 10.8. The van der Waals surface area contributed by atoms with Crippen LogP contribution in [0.25, 0.3) is 17.0 Å². The lowest BCUT2D eigenvalue weighted by Crippen LogP contribution is -2.21. The van der Waals surface area contributed by atoms with Crippen LogP contribution < -0.4 is 5.56 Å². The van der Waals surface area contributed by atoms with E-state index in [9.17, 15) is 4.79 Å². The summed E-state index contributed by atoms with van der Waals surface area (Å²) in [5.41, 5.74) is 1.65. The van der Waals surface area contributed by atoms with Crippen LogP contribution in [0.1, 0.15) is 5.56 Å². The van der Waals surface area contributed by atoms with E-state index in [0.717, 1.165) is 10.5 Å². The number of hydrogen-bond acceptors (Lipinski definition) is 4. The van der Waals surface area contributed by atoms with Crippen molar-refractivity contribution >= 4 is 35.0 Å². The van der Waals surface area contributed by atoms with Gasteiger partial charge in [-0.1, -0.05) is 42.5 Å². The summed E-state index contributed by atoms with van der Waals surface area (Å²) in [5.74, 6) is 0. The lowest BCUT2D eigenvalue weighted by molar-refractivity contribution is 0.705. The fourth-order valence-electron chi connectivity index (χ4n) is 2.30. The van der Waals surface area contributed by atoms with E-state index in [2.05, 4.69) is 10.1 Å². The van der Waals surface area contributed by atoms with Gasteiger partial charge in [0.1, 0.15) is 0 Å². The second kappa shape index (κ2) is 5.27. The molecule has 0 amide bonds. The monoisotopic (exact) mass is 305 g/mol. The van der Waals surface area contributed by atoms with Crippen LogP contribution in [0.15, 0.2) is 74.6 Å². The van der Waals surface area contributed by atoms with Gasteiger partial charge in [0.15, 0.2) is 5.16 Å². The van der Waals surface area contributed by atoms with Gasteiger partial charge in [-0.3, -0.25) is 4.79 Å². The molecule has 2 heterocycles. The molecule has 0 aliphatic carbocycles. The van der Waals surface area contributed by atoms with Crippen LogP contribution in [0, 0.1) is 0 Å². The zero-order valence-corrected chi connectivity index (χ0v) is 12.3. The van der Waals surface area contributed by atoms with Gasteiger partial charge in [0.2, 0.25) is 0 Å². The molecule has 5 heteroatoms. The number of para-hydroxylation sites is 1. The van der Waals surface area contributed by atoms with E-state index in [1.54, 1.807) is 12.3 Å². The zero-order chi connectivity index (χ0) is 14.9. The van der Waals surface area contributed by atoms with Gasteiger partial charge in [-0.25, -0.2) is 4.98 Å². The molecule has 0 atom stereocenters. The minimum atomic E-state index is -0.136. The first-order valence-corrected chi connectivity index (χ1v) is 7.64. The standard InChI is InChI=1S/C17H11N3OS/c21-16-14-8-4-5-9-15(14)19-17-20(16)18-11-13(22-17)10-12-6-2-1-3-7-12/h1-11H/b13-10+. The van der Waals surface area contributed by atoms with Crippen molar-refractivity contribution in [1.29, 1.82) is 0 Å². The third kappa shape index (κ3) is 2.25. The minimum Gasteiger partial charge on any atom is -0.267 e. The van der Waals surface area contributed by atoms with E-state index < -0.39 is 0 Å². The van der Waals surface area contributed by atoms with Crippen LogP contribution in [0.4, 0.5) is 0 Å². The SMILES string of the molecule is O=c1c2ccccc2nc2n1N=C/C(=C\c1ccccc1)S2. The second-order valence-corrected chi connectivity index (χ2v) is 5.87. The molecule has 0 saturated heterocycles. The highest BCUT2D eigenvalue weighted by Crippen LogP contribution is 2.28. The Balaban J connectivity index is 1.82. The highest BCUT2D eigenvalue weighted by molar-refractivity contribution is 8.04. The van der Waals surface area contributed by atoms with Crippen LogP contribution in [0.3, 0.4) is 0 Å². The van der Waals surface area contributed by atoms with Gasteiger partial charge < -0.3 is 0 Å². The van der Waals surface area contributed by atoms with Crippen LogP contribution in [0.5, 0.6) is 0 Å². The number of allylic oxidation sites excluding steroid dienone is 1. The Morgan fingerprint density at radius 3 is 2.64 bits per heavy atom. The Labute approximate surface area is 130 Å². The van der Waals surface area contributed by atoms with Crippen molar-refractivity contribution in [2.24, 2.45) is 5.10 Å². The van der Waals surface area contributed by atoms with E-state index in [1.807, 2.05) is 54.6 Å². The predicted molar refractivity (Wildman–Crippen MR) is 90.2 cm³/mol. The Morgan fingerprint density at radius 1 is 1.00 bits per heavy atom. The summed E-state index contributed by atoms with van der Waals surface area (Å²) in [4.78, 5) is 17.9. The number of nitrogens with zero attached hydrogens (tertiary/aromatic N) is 3. The molecule has 0 unspecified atom stereocenters. The molecular formula is C17H11N3OS. The van der Waals surface area contributed by atoms with Gasteiger partial charge in [0, 0.05) is 4.91 Å². The lowest BCUT2D eigenvalue weighted by atomic mass is 10.2. The van der Waals surface area contributed by atoms with Crippen molar-refractivity contribution < 1.29 is 0 Å². The summed E-state index contributed by atoms with van der Waals surface area (Å²) in [5, 5.41) is 5.42. The second-order valence-electron chi connectivity index (χ2n) is 4.83. The molecule has 1 aliphatic rings. The van der Waals surface area contributed by atoms with Crippen LogP contribution in [-0.2, 0) is 0 Å². The van der Waals surface area contributed by atoms with Crippen LogP contribution in [-0.4, -0.2) is 15.9 Å². The third-order valence-electron chi connectivity index (χ3n) is 3.34. The fourth-order valence-corrected chi connectivity index (χ4v) is 3.16. The Hall–Kier alpha value is -2.66. The predicted octanol–water partition coefficient (Wildman–Crippen LogP) is 3.38. The van der Waals surface area contributed by atoms with Crippen LogP contribution >= 0.6 is 11.8 Å². The summed E-state index contributed by atoms with van der Waals surface area (Å²) in [6.45, 7) is 0. The highest BCUT2D eigenvalue weighted by atomic mass is 32.2. The third-order valence-corrected chi connectivity index (χ3v) is 4.25. The van der Waals surface area contributed by atoms with E-state index in [-0.39, 0.29) is 5.56 Å². The molecule has 0 fully saturated rings. The molecule has 22 heavy (non-hydrogen) atoms. The maximum Gasteiger partial charge on any atom is 0.282 e. The lowest BCUT2D eigenvalue weighted by Gasteiger charge is -2.13. The van der Waals surface area contributed by atoms with Gasteiger partial charge in [-0.05, 0) is 35.5 Å². The van der Waals surface area contributed by atoms with Crippen molar-refractivity contribution in [3.63, 3.8) is 0 Å². The average Bonchev–Trinajstić information content (AvgIpc) is 2.56. The molecule has 1 aromatic heterocycles. The molecule has 0 saturated carbocycles. The molecular weight excluding hydrogens is 294 g/mol. The van der Waals surface area contributed by atoms with Crippen molar-refractivity contribution in [3.05, 3.63) is 75.4 Å². The molecule has 4 nitrogen and oxygen atoms in total. The van der Waals surface area contributed by atoms with Gasteiger partial charge in [-0.15, -0.1) is 0 Å². The normalized spacial score (nSPS) is 15.2. The molecule has 0 radical (unpaired) electrons. The summed E-state index contributed by atoms with van der Waals surface area (Å²) < 4.78 is 1.36.